The summed E-state index contributed by atoms with van der Waals surface area (Å²) in [4.78, 5) is 37.2. The average molecular weight is 479 g/mol. The number of nitrogens with zero attached hydrogens (tertiary/aromatic N) is 1. The molecule has 32 heavy (non-hydrogen) atoms. The summed E-state index contributed by atoms with van der Waals surface area (Å²) in [5.74, 6) is -1.34. The fraction of sp³-hybridized carbons (Fsp3) is 0.478. The number of amides is 3. The van der Waals surface area contributed by atoms with Gasteiger partial charge in [-0.3, -0.25) is 14.4 Å². The minimum Gasteiger partial charge on any atom is -0.356 e. The predicted molar refractivity (Wildman–Crippen MR) is 125 cm³/mol. The van der Waals surface area contributed by atoms with Gasteiger partial charge >= 0.3 is 0 Å². The number of benzene rings is 1. The van der Waals surface area contributed by atoms with Crippen LogP contribution < -0.4 is 16.0 Å². The Kier molecular flexibility index (Phi) is 9.11. The van der Waals surface area contributed by atoms with Gasteiger partial charge in [0.2, 0.25) is 17.7 Å². The summed E-state index contributed by atoms with van der Waals surface area (Å²) < 4.78 is 0. The van der Waals surface area contributed by atoms with Crippen LogP contribution in [0.2, 0.25) is 10.0 Å². The number of hydrogen-bond donors (Lipinski definition) is 3. The summed E-state index contributed by atoms with van der Waals surface area (Å²) in [6, 6.07) is 5.30. The van der Waals surface area contributed by atoms with E-state index in [0.29, 0.717) is 35.0 Å². The lowest BCUT2D eigenvalue weighted by atomic mass is 9.87. The molecule has 0 saturated carbocycles. The summed E-state index contributed by atoms with van der Waals surface area (Å²) in [6.07, 6.45) is 4.06. The molecule has 0 aliphatic carbocycles. The van der Waals surface area contributed by atoms with Crippen molar-refractivity contribution in [2.45, 2.75) is 52.1 Å². The zero-order chi connectivity index (χ0) is 23.9. The first-order chi connectivity index (χ1) is 15.0. The van der Waals surface area contributed by atoms with Crippen molar-refractivity contribution < 1.29 is 14.4 Å². The minimum atomic E-state index is -0.846. The number of halogens is 2. The lowest BCUT2D eigenvalue weighted by Crippen LogP contribution is -2.50. The molecule has 1 aromatic carbocycles. The first-order valence-electron chi connectivity index (χ1n) is 10.4. The molecule has 1 aliphatic heterocycles. The highest BCUT2D eigenvalue weighted by Crippen LogP contribution is 2.23. The predicted octanol–water partition coefficient (Wildman–Crippen LogP) is 3.46. The van der Waals surface area contributed by atoms with Crippen LogP contribution in [0.5, 0.6) is 0 Å². The smallest absolute Gasteiger partial charge is 0.244 e. The maximum absolute atomic E-state index is 12.9. The van der Waals surface area contributed by atoms with Crippen LogP contribution in [-0.4, -0.2) is 36.3 Å². The fourth-order valence-electron chi connectivity index (χ4n) is 3.41. The third-order valence-corrected chi connectivity index (χ3v) is 5.54. The van der Waals surface area contributed by atoms with Crippen LogP contribution in [0.3, 0.4) is 0 Å². The van der Waals surface area contributed by atoms with E-state index in [9.17, 15) is 19.6 Å². The number of carbonyl (C=O) groups excluding carboxylic acids is 3. The molecule has 3 atom stereocenters. The van der Waals surface area contributed by atoms with Crippen molar-refractivity contribution in [2.24, 2.45) is 11.3 Å². The van der Waals surface area contributed by atoms with Gasteiger partial charge in [0.05, 0.1) is 6.07 Å². The van der Waals surface area contributed by atoms with E-state index >= 15 is 0 Å². The highest BCUT2D eigenvalue weighted by atomic mass is 35.5. The molecule has 1 heterocycles. The normalized spacial score (nSPS) is 18.0. The van der Waals surface area contributed by atoms with E-state index in [-0.39, 0.29) is 23.7 Å². The maximum atomic E-state index is 12.9. The van der Waals surface area contributed by atoms with Crippen LogP contribution in [0.4, 0.5) is 0 Å². The molecule has 1 fully saturated rings. The maximum Gasteiger partial charge on any atom is 0.244 e. The zero-order valence-electron chi connectivity index (χ0n) is 18.4. The number of hydrogen-bond acceptors (Lipinski definition) is 4. The molecule has 3 N–H and O–H groups in total. The Hall–Kier alpha value is -2.56. The third-order valence-electron chi connectivity index (χ3n) is 4.98. The zero-order valence-corrected chi connectivity index (χ0v) is 19.9. The summed E-state index contributed by atoms with van der Waals surface area (Å²) in [5, 5.41) is 18.5. The first kappa shape index (κ1) is 25.7. The standard InChI is InChI=1S/C23H28Cl2N4O3/c1-23(2,3)12-19(22(32)28-17(13-26)10-15-8-9-27-21(15)31)29-20(30)7-5-14-4-6-16(24)11-18(14)25/h4-7,11,15,17,19H,8-10,12H2,1-3H3,(H,27,31)(H,28,32)(H,29,30)/b7-5+/t15?,17?,19-/m0/s1. The van der Waals surface area contributed by atoms with Gasteiger partial charge < -0.3 is 16.0 Å². The molecule has 0 bridgehead atoms. The molecular weight excluding hydrogens is 451 g/mol. The Labute approximate surface area is 198 Å². The molecule has 2 unspecified atom stereocenters. The van der Waals surface area contributed by atoms with E-state index in [1.54, 1.807) is 18.2 Å². The highest BCUT2D eigenvalue weighted by Gasteiger charge is 2.31. The van der Waals surface area contributed by atoms with Crippen molar-refractivity contribution in [3.05, 3.63) is 39.9 Å². The van der Waals surface area contributed by atoms with Crippen LogP contribution in [0.25, 0.3) is 6.08 Å². The second kappa shape index (κ2) is 11.3. The number of rotatable bonds is 8. The molecule has 1 aliphatic rings. The molecule has 2 rings (SSSR count). The van der Waals surface area contributed by atoms with Gasteiger partial charge in [0, 0.05) is 28.6 Å². The minimum absolute atomic E-state index is 0.106. The number of nitriles is 1. The lowest BCUT2D eigenvalue weighted by Gasteiger charge is -2.27. The van der Waals surface area contributed by atoms with Crippen LogP contribution in [0.15, 0.2) is 24.3 Å². The highest BCUT2D eigenvalue weighted by molar-refractivity contribution is 6.35. The van der Waals surface area contributed by atoms with Gasteiger partial charge in [-0.05, 0) is 48.4 Å². The molecule has 0 aromatic heterocycles. The first-order valence-corrected chi connectivity index (χ1v) is 11.2. The molecule has 172 valence electrons. The summed E-state index contributed by atoms with van der Waals surface area (Å²) >= 11 is 12.0. The molecule has 0 radical (unpaired) electrons. The number of nitrogens with one attached hydrogen (secondary N) is 3. The van der Waals surface area contributed by atoms with Crippen LogP contribution in [0.1, 0.15) is 45.6 Å². The van der Waals surface area contributed by atoms with Crippen molar-refractivity contribution in [3.8, 4) is 6.07 Å². The molecule has 1 aromatic rings. The lowest BCUT2D eigenvalue weighted by molar-refractivity contribution is -0.128. The SMILES string of the molecule is CC(C)(C)C[C@H](NC(=O)/C=C/c1ccc(Cl)cc1Cl)C(=O)NC(C#N)CC1CCNC1=O. The second-order valence-corrected chi connectivity index (χ2v) is 9.87. The van der Waals surface area contributed by atoms with Gasteiger partial charge in [0.25, 0.3) is 0 Å². The van der Waals surface area contributed by atoms with Crippen LogP contribution >= 0.6 is 23.2 Å². The molecule has 1 saturated heterocycles. The van der Waals surface area contributed by atoms with Crippen LogP contribution in [0, 0.1) is 22.7 Å². The number of carbonyl (C=O) groups is 3. The van der Waals surface area contributed by atoms with E-state index in [1.165, 1.54) is 12.2 Å². The topological polar surface area (TPSA) is 111 Å². The average Bonchev–Trinajstić information content (AvgIpc) is 3.09. The van der Waals surface area contributed by atoms with Crippen LogP contribution in [-0.2, 0) is 14.4 Å². The van der Waals surface area contributed by atoms with Gasteiger partial charge in [-0.1, -0.05) is 50.0 Å². The van der Waals surface area contributed by atoms with Gasteiger partial charge in [-0.15, -0.1) is 0 Å². The fourth-order valence-corrected chi connectivity index (χ4v) is 3.89. The summed E-state index contributed by atoms with van der Waals surface area (Å²) in [5.41, 5.74) is 0.355. The Balaban J connectivity index is 2.06. The Morgan fingerprint density at radius 3 is 2.59 bits per heavy atom. The third kappa shape index (κ3) is 8.18. The summed E-state index contributed by atoms with van der Waals surface area (Å²) in [6.45, 7) is 6.43. The van der Waals surface area contributed by atoms with Crippen molar-refractivity contribution >= 4 is 47.0 Å². The van der Waals surface area contributed by atoms with E-state index in [0.717, 1.165) is 0 Å². The van der Waals surface area contributed by atoms with Crippen molar-refractivity contribution in [1.29, 1.82) is 5.26 Å². The van der Waals surface area contributed by atoms with Crippen molar-refractivity contribution in [3.63, 3.8) is 0 Å². The Morgan fingerprint density at radius 1 is 1.31 bits per heavy atom. The molecule has 7 nitrogen and oxygen atoms in total. The monoisotopic (exact) mass is 478 g/mol. The molecule has 0 spiro atoms. The Bertz CT molecular complexity index is 934. The quantitative estimate of drug-likeness (QED) is 0.496. The Morgan fingerprint density at radius 2 is 2.03 bits per heavy atom. The van der Waals surface area contributed by atoms with Gasteiger partial charge in [-0.2, -0.15) is 5.26 Å². The van der Waals surface area contributed by atoms with Gasteiger partial charge in [-0.25, -0.2) is 0 Å². The van der Waals surface area contributed by atoms with E-state index < -0.39 is 23.9 Å². The van der Waals surface area contributed by atoms with Crippen molar-refractivity contribution in [2.75, 3.05) is 6.54 Å². The van der Waals surface area contributed by atoms with E-state index in [2.05, 4.69) is 16.0 Å². The van der Waals surface area contributed by atoms with E-state index in [4.69, 9.17) is 23.2 Å². The van der Waals surface area contributed by atoms with E-state index in [1.807, 2.05) is 26.8 Å². The molecule has 9 heteroatoms. The summed E-state index contributed by atoms with van der Waals surface area (Å²) in [7, 11) is 0. The molecule has 3 amide bonds. The van der Waals surface area contributed by atoms with Gasteiger partial charge in [0.15, 0.2) is 0 Å². The largest absolute Gasteiger partial charge is 0.356 e. The van der Waals surface area contributed by atoms with Gasteiger partial charge in [0.1, 0.15) is 12.1 Å². The van der Waals surface area contributed by atoms with Crippen molar-refractivity contribution in [1.82, 2.24) is 16.0 Å². The second-order valence-electron chi connectivity index (χ2n) is 9.03. The molecular formula is C23H28Cl2N4O3.